The van der Waals surface area contributed by atoms with Crippen LogP contribution in [0.4, 0.5) is 5.69 Å². The molecule has 0 aliphatic rings. The van der Waals surface area contributed by atoms with Crippen LogP contribution in [0.25, 0.3) is 0 Å². The highest BCUT2D eigenvalue weighted by molar-refractivity contribution is 6.43. The van der Waals surface area contributed by atoms with Crippen LogP contribution in [0, 0.1) is 10.1 Å². The Hall–Kier alpha value is -2.24. The van der Waals surface area contributed by atoms with Crippen LogP contribution >= 0.6 is 0 Å². The first-order valence-corrected chi connectivity index (χ1v) is 5.32. The van der Waals surface area contributed by atoms with Crippen LogP contribution in [0.1, 0.15) is 31.1 Å². The number of ketones is 1. The maximum Gasteiger partial charge on any atom is 0.292 e. The van der Waals surface area contributed by atoms with Crippen molar-refractivity contribution in [2.24, 2.45) is 0 Å². The predicted molar refractivity (Wildman–Crippen MR) is 65.3 cm³/mol. The first-order chi connectivity index (χ1) is 8.20. The van der Waals surface area contributed by atoms with Gasteiger partial charge in [-0.25, -0.2) is 0 Å². The van der Waals surface area contributed by atoms with E-state index in [1.165, 1.54) is 18.2 Å². The molecule has 1 rings (SSSR count). The van der Waals surface area contributed by atoms with Gasteiger partial charge >= 0.3 is 0 Å². The number of Topliss-reactive ketones (excluding diaryl/α,β-unsaturated/α-hetero) is 1. The molecule has 6 nitrogen and oxygen atoms in total. The summed E-state index contributed by atoms with van der Waals surface area (Å²) in [5.74, 6) is -1.56. The van der Waals surface area contributed by atoms with Crippen LogP contribution in [0.15, 0.2) is 24.3 Å². The number of nitro benzene ring substituents is 1. The number of hydrogen-bond donors (Lipinski definition) is 1. The lowest BCUT2D eigenvalue weighted by atomic mass is 10.1. The number of carbonyl (C=O) groups excluding carboxylic acids is 2. The molecule has 96 valence electrons. The molecule has 1 amide bonds. The monoisotopic (exact) mass is 250 g/mol. The molecule has 0 aromatic heterocycles. The summed E-state index contributed by atoms with van der Waals surface area (Å²) in [4.78, 5) is 33.3. The van der Waals surface area contributed by atoms with Crippen LogP contribution in [0.5, 0.6) is 0 Å². The average molecular weight is 250 g/mol. The molecule has 1 N–H and O–H groups in total. The van der Waals surface area contributed by atoms with E-state index in [2.05, 4.69) is 5.32 Å². The summed E-state index contributed by atoms with van der Waals surface area (Å²) in [5, 5.41) is 13.1. The summed E-state index contributed by atoms with van der Waals surface area (Å²) in [6.45, 7) is 5.23. The Morgan fingerprint density at radius 3 is 2.39 bits per heavy atom. The van der Waals surface area contributed by atoms with E-state index in [-0.39, 0.29) is 11.3 Å². The Balaban J connectivity index is 2.94. The molecule has 0 fully saturated rings. The molecule has 0 heterocycles. The van der Waals surface area contributed by atoms with Gasteiger partial charge < -0.3 is 5.32 Å². The van der Waals surface area contributed by atoms with E-state index in [1.54, 1.807) is 20.8 Å². The lowest BCUT2D eigenvalue weighted by Gasteiger charge is -2.19. The molecule has 18 heavy (non-hydrogen) atoms. The summed E-state index contributed by atoms with van der Waals surface area (Å²) in [5.41, 5.74) is -0.747. The van der Waals surface area contributed by atoms with Crippen molar-refractivity contribution in [2.45, 2.75) is 26.3 Å². The lowest BCUT2D eigenvalue weighted by Crippen LogP contribution is -2.44. The second-order valence-electron chi connectivity index (χ2n) is 4.84. The number of amides is 1. The third-order valence-corrected chi connectivity index (χ3v) is 2.01. The van der Waals surface area contributed by atoms with Gasteiger partial charge in [0.15, 0.2) is 0 Å². The minimum absolute atomic E-state index is 0.00551. The number of nitro groups is 1. The second kappa shape index (κ2) is 4.95. The molecule has 0 radical (unpaired) electrons. The molecule has 0 bridgehead atoms. The largest absolute Gasteiger partial charge is 0.345 e. The van der Waals surface area contributed by atoms with E-state index in [0.29, 0.717) is 0 Å². The number of hydrogen-bond acceptors (Lipinski definition) is 4. The van der Waals surface area contributed by atoms with E-state index in [1.807, 2.05) is 0 Å². The fourth-order valence-electron chi connectivity index (χ4n) is 1.29. The number of rotatable bonds is 3. The zero-order valence-corrected chi connectivity index (χ0v) is 10.4. The van der Waals surface area contributed by atoms with Crippen molar-refractivity contribution < 1.29 is 14.5 Å². The van der Waals surface area contributed by atoms with Crippen molar-refractivity contribution in [1.29, 1.82) is 0 Å². The Bertz CT molecular complexity index is 503. The third-order valence-electron chi connectivity index (χ3n) is 2.01. The number of nitrogens with zero attached hydrogens (tertiary/aromatic N) is 1. The molecule has 1 aromatic carbocycles. The quantitative estimate of drug-likeness (QED) is 0.382. The van der Waals surface area contributed by atoms with Crippen LogP contribution in [-0.2, 0) is 4.79 Å². The maximum absolute atomic E-state index is 11.8. The highest BCUT2D eigenvalue weighted by Crippen LogP contribution is 2.14. The molecule has 0 atom stereocenters. The lowest BCUT2D eigenvalue weighted by molar-refractivity contribution is -0.384. The van der Waals surface area contributed by atoms with E-state index in [4.69, 9.17) is 0 Å². The molecule has 6 heteroatoms. The predicted octanol–water partition coefficient (Wildman–Crippen LogP) is 1.69. The molecule has 0 aliphatic carbocycles. The molecule has 0 saturated heterocycles. The zero-order chi connectivity index (χ0) is 13.9. The van der Waals surface area contributed by atoms with Gasteiger partial charge in [0, 0.05) is 23.2 Å². The van der Waals surface area contributed by atoms with Gasteiger partial charge in [-0.1, -0.05) is 12.1 Å². The van der Waals surface area contributed by atoms with Gasteiger partial charge in [0.2, 0.25) is 5.78 Å². The smallest absolute Gasteiger partial charge is 0.292 e. The van der Waals surface area contributed by atoms with Gasteiger partial charge in [0.25, 0.3) is 11.6 Å². The summed E-state index contributed by atoms with van der Waals surface area (Å²) >= 11 is 0. The zero-order valence-electron chi connectivity index (χ0n) is 10.4. The fraction of sp³-hybridized carbons (Fsp3) is 0.333. The summed E-state index contributed by atoms with van der Waals surface area (Å²) in [7, 11) is 0. The van der Waals surface area contributed by atoms with E-state index >= 15 is 0 Å². The molecule has 0 saturated carbocycles. The van der Waals surface area contributed by atoms with Crippen LogP contribution in [-0.4, -0.2) is 22.2 Å². The van der Waals surface area contributed by atoms with Crippen LogP contribution in [0.2, 0.25) is 0 Å². The van der Waals surface area contributed by atoms with Crippen molar-refractivity contribution in [3.8, 4) is 0 Å². The molecular formula is C12H14N2O4. The first kappa shape index (κ1) is 13.8. The summed E-state index contributed by atoms with van der Waals surface area (Å²) < 4.78 is 0. The molecular weight excluding hydrogens is 236 g/mol. The standard InChI is InChI=1S/C12H14N2O4/c1-12(2,3)13-11(16)10(15)8-5-4-6-9(7-8)14(17)18/h4-7H,1-3H3,(H,13,16). The van der Waals surface area contributed by atoms with Crippen molar-refractivity contribution in [3.63, 3.8) is 0 Å². The van der Waals surface area contributed by atoms with E-state index < -0.39 is 22.2 Å². The highest BCUT2D eigenvalue weighted by Gasteiger charge is 2.22. The molecule has 1 aromatic rings. The Labute approximate surface area is 104 Å². The number of nitrogens with one attached hydrogen (secondary N) is 1. The van der Waals surface area contributed by atoms with Crippen molar-refractivity contribution in [3.05, 3.63) is 39.9 Å². The van der Waals surface area contributed by atoms with Crippen LogP contribution < -0.4 is 5.32 Å². The minimum Gasteiger partial charge on any atom is -0.345 e. The number of carbonyl (C=O) groups is 2. The van der Waals surface area contributed by atoms with Gasteiger partial charge in [-0.05, 0) is 20.8 Å². The van der Waals surface area contributed by atoms with Gasteiger partial charge in [0.1, 0.15) is 0 Å². The van der Waals surface area contributed by atoms with Gasteiger partial charge in [0.05, 0.1) is 4.92 Å². The normalized spacial score (nSPS) is 10.8. The SMILES string of the molecule is CC(C)(C)NC(=O)C(=O)c1cccc([N+](=O)[O-])c1. The number of non-ortho nitro benzene ring substituents is 1. The van der Waals surface area contributed by atoms with Gasteiger partial charge in [-0.2, -0.15) is 0 Å². The van der Waals surface area contributed by atoms with Crippen molar-refractivity contribution in [2.75, 3.05) is 0 Å². The molecule has 0 aliphatic heterocycles. The van der Waals surface area contributed by atoms with Gasteiger partial charge in [-0.15, -0.1) is 0 Å². The summed E-state index contributed by atoms with van der Waals surface area (Å²) in [6, 6.07) is 5.09. The van der Waals surface area contributed by atoms with E-state index in [9.17, 15) is 19.7 Å². The van der Waals surface area contributed by atoms with E-state index in [0.717, 1.165) is 6.07 Å². The second-order valence-corrected chi connectivity index (χ2v) is 4.84. The first-order valence-electron chi connectivity index (χ1n) is 5.32. The minimum atomic E-state index is -0.784. The highest BCUT2D eigenvalue weighted by atomic mass is 16.6. The topological polar surface area (TPSA) is 89.3 Å². The van der Waals surface area contributed by atoms with Crippen LogP contribution in [0.3, 0.4) is 0 Å². The number of benzene rings is 1. The van der Waals surface area contributed by atoms with Crippen molar-refractivity contribution >= 4 is 17.4 Å². The maximum atomic E-state index is 11.8. The van der Waals surface area contributed by atoms with Crippen molar-refractivity contribution in [1.82, 2.24) is 5.32 Å². The Kier molecular flexibility index (Phi) is 3.80. The molecule has 0 spiro atoms. The van der Waals surface area contributed by atoms with Gasteiger partial charge in [-0.3, -0.25) is 19.7 Å². The Morgan fingerprint density at radius 2 is 1.89 bits per heavy atom. The third kappa shape index (κ3) is 3.65. The average Bonchev–Trinajstić information content (AvgIpc) is 2.26. The molecule has 0 unspecified atom stereocenters. The fourth-order valence-corrected chi connectivity index (χ4v) is 1.29. The Morgan fingerprint density at radius 1 is 1.28 bits per heavy atom. The summed E-state index contributed by atoms with van der Waals surface area (Å²) in [6.07, 6.45) is 0.